The highest BCUT2D eigenvalue weighted by atomic mass is 32.1. The molecule has 3 nitrogen and oxygen atoms in total. The summed E-state index contributed by atoms with van der Waals surface area (Å²) in [6, 6.07) is 4.14. The summed E-state index contributed by atoms with van der Waals surface area (Å²) in [4.78, 5) is 11.1. The quantitative estimate of drug-likeness (QED) is 0.829. The molecule has 0 aliphatic carbocycles. The van der Waals surface area contributed by atoms with Gasteiger partial charge in [0.2, 0.25) is 0 Å². The van der Waals surface area contributed by atoms with E-state index in [-0.39, 0.29) is 0 Å². The number of nitrogens with zero attached hydrogens (tertiary/aromatic N) is 3. The van der Waals surface area contributed by atoms with Crippen LogP contribution in [0.4, 0.5) is 5.82 Å². The molecule has 0 N–H and O–H groups in total. The Morgan fingerprint density at radius 1 is 1.35 bits per heavy atom. The third-order valence-electron chi connectivity index (χ3n) is 2.61. The first-order valence-electron chi connectivity index (χ1n) is 5.80. The highest BCUT2D eigenvalue weighted by Gasteiger charge is 2.04. The predicted molar refractivity (Wildman–Crippen MR) is 73.6 cm³/mol. The van der Waals surface area contributed by atoms with E-state index < -0.39 is 0 Å². The van der Waals surface area contributed by atoms with E-state index in [0.29, 0.717) is 0 Å². The van der Waals surface area contributed by atoms with Gasteiger partial charge in [-0.2, -0.15) is 0 Å². The van der Waals surface area contributed by atoms with E-state index in [1.165, 1.54) is 0 Å². The van der Waals surface area contributed by atoms with Gasteiger partial charge in [-0.25, -0.2) is 9.97 Å². The van der Waals surface area contributed by atoms with Gasteiger partial charge in [-0.15, -0.1) is 11.3 Å². The van der Waals surface area contributed by atoms with Gasteiger partial charge in [-0.1, -0.05) is 6.92 Å². The van der Waals surface area contributed by atoms with Crippen molar-refractivity contribution in [3.05, 3.63) is 28.7 Å². The largest absolute Gasteiger partial charge is 0.360 e. The molecule has 0 aliphatic heterocycles. The molecule has 0 aliphatic rings. The van der Waals surface area contributed by atoms with Crippen molar-refractivity contribution in [2.24, 2.45) is 0 Å². The van der Waals surface area contributed by atoms with Crippen LogP contribution in [0.3, 0.4) is 0 Å². The number of aromatic nitrogens is 2. The van der Waals surface area contributed by atoms with Crippen molar-refractivity contribution in [3.63, 3.8) is 0 Å². The van der Waals surface area contributed by atoms with E-state index in [0.717, 1.165) is 35.0 Å². The second kappa shape index (κ2) is 5.27. The minimum Gasteiger partial charge on any atom is -0.360 e. The zero-order valence-electron chi connectivity index (χ0n) is 10.5. The number of aryl methyl sites for hydroxylation is 1. The van der Waals surface area contributed by atoms with Crippen LogP contribution >= 0.6 is 11.3 Å². The zero-order valence-corrected chi connectivity index (χ0v) is 11.3. The van der Waals surface area contributed by atoms with Crippen molar-refractivity contribution in [3.8, 4) is 11.3 Å². The minimum atomic E-state index is 1.02. The molecule has 0 spiro atoms. The first-order valence-corrected chi connectivity index (χ1v) is 6.68. The van der Waals surface area contributed by atoms with Crippen molar-refractivity contribution in [2.75, 3.05) is 18.5 Å². The lowest BCUT2D eigenvalue weighted by Gasteiger charge is -2.16. The first kappa shape index (κ1) is 12.0. The monoisotopic (exact) mass is 247 g/mol. The maximum absolute atomic E-state index is 4.47. The summed E-state index contributed by atoms with van der Waals surface area (Å²) in [6.07, 6.45) is 3.03. The fourth-order valence-electron chi connectivity index (χ4n) is 1.71. The van der Waals surface area contributed by atoms with Gasteiger partial charge in [-0.3, -0.25) is 0 Å². The van der Waals surface area contributed by atoms with Gasteiger partial charge in [0.25, 0.3) is 0 Å². The SMILES string of the molecule is CCCN(C)c1ccc(-c2csc(C)n2)cn1. The van der Waals surface area contributed by atoms with E-state index in [1.807, 2.05) is 13.1 Å². The van der Waals surface area contributed by atoms with Crippen LogP contribution < -0.4 is 4.90 Å². The fourth-order valence-corrected chi connectivity index (χ4v) is 2.33. The second-order valence-corrected chi connectivity index (χ2v) is 5.14. The average Bonchev–Trinajstić information content (AvgIpc) is 2.76. The van der Waals surface area contributed by atoms with Crippen LogP contribution in [0, 0.1) is 6.92 Å². The molecule has 0 unspecified atom stereocenters. The van der Waals surface area contributed by atoms with Crippen LogP contribution in [0.25, 0.3) is 11.3 Å². The van der Waals surface area contributed by atoms with E-state index in [1.54, 1.807) is 11.3 Å². The van der Waals surface area contributed by atoms with Gasteiger partial charge in [0.05, 0.1) is 10.7 Å². The molecule has 4 heteroatoms. The standard InChI is InChI=1S/C13H17N3S/c1-4-7-16(3)13-6-5-11(8-14-13)12-9-17-10(2)15-12/h5-6,8-9H,4,7H2,1-3H3. The summed E-state index contributed by atoms with van der Waals surface area (Å²) in [5.41, 5.74) is 2.10. The highest BCUT2D eigenvalue weighted by Crippen LogP contribution is 2.22. The summed E-state index contributed by atoms with van der Waals surface area (Å²) in [5, 5.41) is 3.16. The van der Waals surface area contributed by atoms with E-state index in [4.69, 9.17) is 0 Å². The van der Waals surface area contributed by atoms with Crippen molar-refractivity contribution in [1.29, 1.82) is 0 Å². The molecule has 0 aromatic carbocycles. The molecule has 2 aromatic rings. The second-order valence-electron chi connectivity index (χ2n) is 4.08. The van der Waals surface area contributed by atoms with Crippen LogP contribution in [0.15, 0.2) is 23.7 Å². The van der Waals surface area contributed by atoms with Gasteiger partial charge in [0.1, 0.15) is 5.82 Å². The molecular weight excluding hydrogens is 230 g/mol. The third kappa shape index (κ3) is 2.82. The summed E-state index contributed by atoms with van der Waals surface area (Å²) < 4.78 is 0. The zero-order chi connectivity index (χ0) is 12.3. The molecule has 90 valence electrons. The summed E-state index contributed by atoms with van der Waals surface area (Å²) in [7, 11) is 2.07. The Morgan fingerprint density at radius 3 is 2.71 bits per heavy atom. The van der Waals surface area contributed by atoms with Crippen LogP contribution in [0.5, 0.6) is 0 Å². The number of hydrogen-bond acceptors (Lipinski definition) is 4. The molecule has 0 atom stereocenters. The third-order valence-corrected chi connectivity index (χ3v) is 3.39. The minimum absolute atomic E-state index is 1.02. The molecule has 0 saturated heterocycles. The Bertz CT molecular complexity index is 476. The maximum atomic E-state index is 4.47. The topological polar surface area (TPSA) is 29.0 Å². The molecule has 2 aromatic heterocycles. The van der Waals surface area contributed by atoms with Crippen LogP contribution in [0.1, 0.15) is 18.4 Å². The van der Waals surface area contributed by atoms with Crippen molar-refractivity contribution in [1.82, 2.24) is 9.97 Å². The molecule has 2 heterocycles. The van der Waals surface area contributed by atoms with Crippen molar-refractivity contribution < 1.29 is 0 Å². The number of thiazole rings is 1. The Labute approximate surface area is 106 Å². The van der Waals surface area contributed by atoms with Gasteiger partial charge in [0.15, 0.2) is 0 Å². The Hall–Kier alpha value is -1.42. The highest BCUT2D eigenvalue weighted by molar-refractivity contribution is 7.09. The number of hydrogen-bond donors (Lipinski definition) is 0. The first-order chi connectivity index (χ1) is 8.20. The molecule has 2 rings (SSSR count). The smallest absolute Gasteiger partial charge is 0.128 e. The number of pyridine rings is 1. The maximum Gasteiger partial charge on any atom is 0.128 e. The summed E-state index contributed by atoms with van der Waals surface area (Å²) >= 11 is 1.67. The lowest BCUT2D eigenvalue weighted by atomic mass is 10.2. The van der Waals surface area contributed by atoms with Gasteiger partial charge in [-0.05, 0) is 25.5 Å². The van der Waals surface area contributed by atoms with E-state index in [9.17, 15) is 0 Å². The van der Waals surface area contributed by atoms with Crippen molar-refractivity contribution in [2.45, 2.75) is 20.3 Å². The average molecular weight is 247 g/mol. The summed E-state index contributed by atoms with van der Waals surface area (Å²) in [6.45, 7) is 5.22. The molecule has 17 heavy (non-hydrogen) atoms. The van der Waals surface area contributed by atoms with Gasteiger partial charge >= 0.3 is 0 Å². The van der Waals surface area contributed by atoms with Crippen LogP contribution in [-0.4, -0.2) is 23.6 Å². The molecular formula is C13H17N3S. The van der Waals surface area contributed by atoms with Gasteiger partial charge in [0, 0.05) is 30.7 Å². The molecule has 0 fully saturated rings. The van der Waals surface area contributed by atoms with E-state index in [2.05, 4.69) is 46.4 Å². The number of rotatable bonds is 4. The van der Waals surface area contributed by atoms with Crippen LogP contribution in [-0.2, 0) is 0 Å². The Morgan fingerprint density at radius 2 is 2.18 bits per heavy atom. The molecule has 0 bridgehead atoms. The Kier molecular flexibility index (Phi) is 3.74. The van der Waals surface area contributed by atoms with Gasteiger partial charge < -0.3 is 4.90 Å². The summed E-state index contributed by atoms with van der Waals surface area (Å²) in [5.74, 6) is 1.02. The molecule has 0 radical (unpaired) electrons. The fraction of sp³-hybridized carbons (Fsp3) is 0.385. The van der Waals surface area contributed by atoms with Crippen LogP contribution in [0.2, 0.25) is 0 Å². The predicted octanol–water partition coefficient (Wildman–Crippen LogP) is 3.36. The molecule has 0 saturated carbocycles. The Balaban J connectivity index is 2.18. The number of anilines is 1. The normalized spacial score (nSPS) is 10.5. The van der Waals surface area contributed by atoms with Crippen molar-refractivity contribution >= 4 is 17.2 Å². The van der Waals surface area contributed by atoms with E-state index >= 15 is 0 Å². The lowest BCUT2D eigenvalue weighted by Crippen LogP contribution is -2.18. The lowest BCUT2D eigenvalue weighted by molar-refractivity contribution is 0.838. The molecule has 0 amide bonds.